The zero-order chi connectivity index (χ0) is 19.4. The van der Waals surface area contributed by atoms with Crippen LogP contribution in [0.2, 0.25) is 0 Å². The lowest BCUT2D eigenvalue weighted by molar-refractivity contribution is -0.870. The van der Waals surface area contributed by atoms with Crippen molar-refractivity contribution in [1.82, 2.24) is 0 Å². The molecule has 0 heterocycles. The van der Waals surface area contributed by atoms with E-state index in [0.29, 0.717) is 0 Å². The molecular formula is C21H46NO3+. The monoisotopic (exact) mass is 360 g/mol. The molecule has 0 saturated carbocycles. The van der Waals surface area contributed by atoms with Crippen LogP contribution in [0.5, 0.6) is 0 Å². The van der Waals surface area contributed by atoms with Crippen LogP contribution >= 0.6 is 0 Å². The van der Waals surface area contributed by atoms with Gasteiger partial charge >= 0.3 is 6.16 Å². The van der Waals surface area contributed by atoms with Gasteiger partial charge in [-0.3, -0.25) is 0 Å². The Kier molecular flexibility index (Phi) is 20.7. The van der Waals surface area contributed by atoms with E-state index in [4.69, 9.17) is 15.0 Å². The molecule has 0 aliphatic rings. The number of hydrogen-bond acceptors (Lipinski definition) is 1. The van der Waals surface area contributed by atoms with Gasteiger partial charge in [0.25, 0.3) is 0 Å². The molecule has 0 atom stereocenters. The van der Waals surface area contributed by atoms with Crippen molar-refractivity contribution in [2.75, 3.05) is 27.7 Å². The molecule has 2 N–H and O–H groups in total. The number of rotatable bonds is 16. The van der Waals surface area contributed by atoms with E-state index in [-0.39, 0.29) is 0 Å². The van der Waals surface area contributed by atoms with Gasteiger partial charge in [0.05, 0.1) is 27.7 Å². The molecule has 25 heavy (non-hydrogen) atoms. The Bertz CT molecular complexity index is 271. The number of quaternary nitrogens is 1. The van der Waals surface area contributed by atoms with Gasteiger partial charge in [-0.2, -0.15) is 0 Å². The zero-order valence-electron chi connectivity index (χ0n) is 17.6. The summed E-state index contributed by atoms with van der Waals surface area (Å²) >= 11 is 0. The maximum absolute atomic E-state index is 8.56. The lowest BCUT2D eigenvalue weighted by Gasteiger charge is -2.23. The first-order chi connectivity index (χ1) is 11.8. The summed E-state index contributed by atoms with van der Waals surface area (Å²) in [5.74, 6) is 0. The molecule has 0 aromatic carbocycles. The smallest absolute Gasteiger partial charge is 0.450 e. The SMILES string of the molecule is CCCCCCCCCCCCCCCCC[N+](C)(C)C.O=C(O)O. The second kappa shape index (κ2) is 19.6. The molecule has 0 aliphatic heterocycles. The molecule has 4 nitrogen and oxygen atoms in total. The van der Waals surface area contributed by atoms with Crippen molar-refractivity contribution in [2.24, 2.45) is 0 Å². The Hall–Kier alpha value is -0.770. The largest absolute Gasteiger partial charge is 0.503 e. The molecule has 0 aromatic rings. The molecule has 0 amide bonds. The van der Waals surface area contributed by atoms with Gasteiger partial charge in [-0.1, -0.05) is 90.4 Å². The van der Waals surface area contributed by atoms with Crippen molar-refractivity contribution < 1.29 is 19.5 Å². The second-order valence-corrected chi connectivity index (χ2v) is 8.25. The van der Waals surface area contributed by atoms with E-state index in [0.717, 1.165) is 4.48 Å². The molecule has 152 valence electrons. The molecule has 0 unspecified atom stereocenters. The molecule has 0 rings (SSSR count). The van der Waals surface area contributed by atoms with Crippen LogP contribution in [0.3, 0.4) is 0 Å². The fourth-order valence-electron chi connectivity index (χ4n) is 2.96. The molecule has 0 bridgehead atoms. The van der Waals surface area contributed by atoms with Crippen molar-refractivity contribution in [2.45, 2.75) is 103 Å². The Labute approximate surface area is 157 Å². The summed E-state index contributed by atoms with van der Waals surface area (Å²) in [7, 11) is 6.89. The second-order valence-electron chi connectivity index (χ2n) is 8.25. The Morgan fingerprint density at radius 2 is 0.840 bits per heavy atom. The van der Waals surface area contributed by atoms with E-state index in [1.807, 2.05) is 0 Å². The van der Waals surface area contributed by atoms with Crippen LogP contribution in [0, 0.1) is 0 Å². The van der Waals surface area contributed by atoms with Gasteiger partial charge in [0, 0.05) is 0 Å². The summed E-state index contributed by atoms with van der Waals surface area (Å²) in [4.78, 5) is 8.56. The Morgan fingerprint density at radius 1 is 0.600 bits per heavy atom. The van der Waals surface area contributed by atoms with Crippen LogP contribution in [0.15, 0.2) is 0 Å². The molecule has 0 fully saturated rings. The van der Waals surface area contributed by atoms with Crippen LogP contribution in [0.1, 0.15) is 103 Å². The lowest BCUT2D eigenvalue weighted by atomic mass is 10.0. The number of unbranched alkanes of at least 4 members (excludes halogenated alkanes) is 14. The van der Waals surface area contributed by atoms with Gasteiger partial charge in [0.15, 0.2) is 0 Å². The van der Waals surface area contributed by atoms with Crippen LogP contribution in [-0.4, -0.2) is 48.5 Å². The zero-order valence-corrected chi connectivity index (χ0v) is 17.6. The Morgan fingerprint density at radius 3 is 1.08 bits per heavy atom. The highest BCUT2D eigenvalue weighted by atomic mass is 16.6. The van der Waals surface area contributed by atoms with E-state index in [2.05, 4.69) is 28.1 Å². The average molecular weight is 361 g/mol. The summed E-state index contributed by atoms with van der Waals surface area (Å²) < 4.78 is 1.12. The van der Waals surface area contributed by atoms with E-state index >= 15 is 0 Å². The minimum atomic E-state index is -1.83. The third kappa shape index (κ3) is 35.3. The van der Waals surface area contributed by atoms with Gasteiger partial charge in [0.2, 0.25) is 0 Å². The van der Waals surface area contributed by atoms with Gasteiger partial charge in [-0.15, -0.1) is 0 Å². The summed E-state index contributed by atoms with van der Waals surface area (Å²) in [6.45, 7) is 3.63. The minimum Gasteiger partial charge on any atom is -0.450 e. The van der Waals surface area contributed by atoms with Crippen LogP contribution in [-0.2, 0) is 0 Å². The molecule has 0 aromatic heterocycles. The number of hydrogen-bond donors (Lipinski definition) is 2. The topological polar surface area (TPSA) is 57.5 Å². The summed E-state index contributed by atoms with van der Waals surface area (Å²) in [6, 6.07) is 0. The third-order valence-corrected chi connectivity index (χ3v) is 4.43. The third-order valence-electron chi connectivity index (χ3n) is 4.43. The lowest BCUT2D eigenvalue weighted by Crippen LogP contribution is -2.35. The van der Waals surface area contributed by atoms with Crippen molar-refractivity contribution >= 4 is 6.16 Å². The highest BCUT2D eigenvalue weighted by molar-refractivity contribution is 5.53. The molecular weight excluding hydrogens is 314 g/mol. The quantitative estimate of drug-likeness (QED) is 0.235. The maximum atomic E-state index is 8.56. The molecule has 4 heteroatoms. The summed E-state index contributed by atoms with van der Waals surface area (Å²) in [5, 5.41) is 13.9. The Balaban J connectivity index is 0. The van der Waals surface area contributed by atoms with Gasteiger partial charge in [0.1, 0.15) is 0 Å². The van der Waals surface area contributed by atoms with Gasteiger partial charge in [-0.25, -0.2) is 4.79 Å². The fraction of sp³-hybridized carbons (Fsp3) is 0.952. The molecule has 0 saturated heterocycles. The van der Waals surface area contributed by atoms with Crippen LogP contribution < -0.4 is 0 Å². The normalized spacial score (nSPS) is 11.0. The summed E-state index contributed by atoms with van der Waals surface area (Å²) in [5.41, 5.74) is 0. The van der Waals surface area contributed by atoms with Crippen molar-refractivity contribution in [1.29, 1.82) is 0 Å². The highest BCUT2D eigenvalue weighted by Gasteiger charge is 2.04. The molecule has 0 spiro atoms. The number of carboxylic acid groups (broad SMARTS) is 2. The fourth-order valence-corrected chi connectivity index (χ4v) is 2.96. The number of carbonyl (C=O) groups is 1. The minimum absolute atomic E-state index is 1.12. The first kappa shape index (κ1) is 26.5. The van der Waals surface area contributed by atoms with E-state index in [1.54, 1.807) is 0 Å². The molecule has 0 radical (unpaired) electrons. The van der Waals surface area contributed by atoms with Crippen molar-refractivity contribution in [3.63, 3.8) is 0 Å². The standard InChI is InChI=1S/C20H44N.CH2O3/c1-5-6-7-8-9-10-11-12-13-14-15-16-17-18-19-20-21(2,3)4;2-1(3)4/h5-20H2,1-4H3;(H2,2,3,4)/q+1;. The van der Waals surface area contributed by atoms with E-state index < -0.39 is 6.16 Å². The van der Waals surface area contributed by atoms with Gasteiger partial charge < -0.3 is 14.7 Å². The molecule has 0 aliphatic carbocycles. The maximum Gasteiger partial charge on any atom is 0.503 e. The predicted molar refractivity (Wildman–Crippen MR) is 108 cm³/mol. The first-order valence-electron chi connectivity index (χ1n) is 10.5. The summed E-state index contributed by atoms with van der Waals surface area (Å²) in [6.07, 6.45) is 20.0. The van der Waals surface area contributed by atoms with Crippen molar-refractivity contribution in [3.8, 4) is 0 Å². The first-order valence-corrected chi connectivity index (χ1v) is 10.5. The number of nitrogens with zero attached hydrogens (tertiary/aromatic N) is 1. The average Bonchev–Trinajstić information content (AvgIpc) is 2.49. The highest BCUT2D eigenvalue weighted by Crippen LogP contribution is 2.13. The van der Waals surface area contributed by atoms with E-state index in [1.165, 1.54) is 103 Å². The van der Waals surface area contributed by atoms with Crippen molar-refractivity contribution in [3.05, 3.63) is 0 Å². The van der Waals surface area contributed by atoms with E-state index in [9.17, 15) is 0 Å². The predicted octanol–water partition coefficient (Wildman–Crippen LogP) is 6.79. The van der Waals surface area contributed by atoms with Gasteiger partial charge in [-0.05, 0) is 12.8 Å². The van der Waals surface area contributed by atoms with Crippen LogP contribution in [0.25, 0.3) is 0 Å². The van der Waals surface area contributed by atoms with Crippen LogP contribution in [0.4, 0.5) is 4.79 Å².